The molecule has 2 aromatic rings. The zero-order valence-electron chi connectivity index (χ0n) is 15.8. The Labute approximate surface area is 160 Å². The highest BCUT2D eigenvalue weighted by Gasteiger charge is 2.20. The van der Waals surface area contributed by atoms with Gasteiger partial charge in [-0.1, -0.05) is 12.1 Å². The Balaban J connectivity index is 2.17. The van der Waals surface area contributed by atoms with Crippen molar-refractivity contribution in [3.05, 3.63) is 57.1 Å². The molecule has 0 saturated carbocycles. The summed E-state index contributed by atoms with van der Waals surface area (Å²) in [4.78, 5) is 35.0. The maximum atomic E-state index is 12.3. The molecule has 0 aliphatic heterocycles. The van der Waals surface area contributed by atoms with Crippen molar-refractivity contribution in [1.29, 1.82) is 0 Å². The molecule has 9 nitrogen and oxygen atoms in total. The largest absolute Gasteiger partial charge is 0.493 e. The molecule has 0 saturated heterocycles. The molecule has 0 amide bonds. The number of hydrogen-bond donors (Lipinski definition) is 0. The van der Waals surface area contributed by atoms with Crippen LogP contribution in [0.1, 0.15) is 26.3 Å². The number of hydrogen-bond acceptors (Lipinski definition) is 8. The number of ether oxygens (including phenoxy) is 4. The van der Waals surface area contributed by atoms with E-state index in [-0.39, 0.29) is 28.3 Å². The lowest BCUT2D eigenvalue weighted by molar-refractivity contribution is -0.385. The van der Waals surface area contributed by atoms with E-state index in [9.17, 15) is 19.7 Å². The first-order valence-corrected chi connectivity index (χ1v) is 8.07. The van der Waals surface area contributed by atoms with Gasteiger partial charge in [0.15, 0.2) is 18.1 Å². The van der Waals surface area contributed by atoms with E-state index in [2.05, 4.69) is 0 Å². The Morgan fingerprint density at radius 2 is 1.57 bits per heavy atom. The molecule has 2 rings (SSSR count). The number of carbonyl (C=O) groups excluding carboxylic acids is 2. The highest BCUT2D eigenvalue weighted by atomic mass is 16.6. The number of rotatable bonds is 8. The van der Waals surface area contributed by atoms with Crippen molar-refractivity contribution in [3.63, 3.8) is 0 Å². The number of aryl methyl sites for hydroxylation is 1. The number of benzene rings is 2. The molecule has 9 heteroatoms. The lowest BCUT2D eigenvalue weighted by Crippen LogP contribution is -2.15. The molecule has 0 radical (unpaired) electrons. The second kappa shape index (κ2) is 8.85. The zero-order valence-corrected chi connectivity index (χ0v) is 15.8. The van der Waals surface area contributed by atoms with Gasteiger partial charge < -0.3 is 18.9 Å². The molecule has 0 unspecified atom stereocenters. The minimum atomic E-state index is -0.783. The molecule has 0 bridgehead atoms. The number of nitrogens with zero attached hydrogens (tertiary/aromatic N) is 1. The van der Waals surface area contributed by atoms with Gasteiger partial charge in [0.2, 0.25) is 11.5 Å². The van der Waals surface area contributed by atoms with Gasteiger partial charge in [-0.25, -0.2) is 4.79 Å². The molecule has 148 valence electrons. The average Bonchev–Trinajstić information content (AvgIpc) is 2.70. The topological polar surface area (TPSA) is 114 Å². The normalized spacial score (nSPS) is 10.1. The Bertz CT molecular complexity index is 897. The molecule has 0 fully saturated rings. The zero-order chi connectivity index (χ0) is 20.8. The first kappa shape index (κ1) is 20.7. The van der Waals surface area contributed by atoms with Gasteiger partial charge in [0, 0.05) is 17.2 Å². The summed E-state index contributed by atoms with van der Waals surface area (Å²) in [5.74, 6) is -0.522. The number of Topliss-reactive ketones (excluding diaryl/α,β-unsaturated/α-hetero) is 1. The van der Waals surface area contributed by atoms with E-state index in [1.807, 2.05) is 0 Å². The van der Waals surface area contributed by atoms with E-state index < -0.39 is 23.3 Å². The summed E-state index contributed by atoms with van der Waals surface area (Å²) >= 11 is 0. The molecule has 0 aliphatic carbocycles. The smallest absolute Gasteiger partial charge is 0.338 e. The maximum Gasteiger partial charge on any atom is 0.338 e. The predicted octanol–water partition coefficient (Wildman–Crippen LogP) is 2.97. The van der Waals surface area contributed by atoms with Gasteiger partial charge in [-0.3, -0.25) is 14.9 Å². The van der Waals surface area contributed by atoms with Gasteiger partial charge in [-0.15, -0.1) is 0 Å². The third kappa shape index (κ3) is 4.37. The number of nitro groups is 1. The van der Waals surface area contributed by atoms with Crippen LogP contribution in [0.25, 0.3) is 0 Å². The summed E-state index contributed by atoms with van der Waals surface area (Å²) in [5.41, 5.74) is 0.421. The first-order chi connectivity index (χ1) is 13.3. The minimum absolute atomic E-state index is 0.0787. The van der Waals surface area contributed by atoms with Gasteiger partial charge in [0.1, 0.15) is 0 Å². The van der Waals surface area contributed by atoms with Crippen LogP contribution < -0.4 is 14.2 Å². The van der Waals surface area contributed by atoms with Crippen LogP contribution in [-0.2, 0) is 4.74 Å². The standard InChI is InChI=1S/C19H19NO8/c1-11-5-6-12(7-14(11)20(23)24)15(21)10-28-19(22)13-8-16(25-2)18(27-4)17(9-13)26-3/h5-9H,10H2,1-4H3. The Hall–Kier alpha value is -3.62. The van der Waals surface area contributed by atoms with Crippen LogP contribution in [0.15, 0.2) is 30.3 Å². The summed E-state index contributed by atoms with van der Waals surface area (Å²) in [6.07, 6.45) is 0. The predicted molar refractivity (Wildman–Crippen MR) is 98.5 cm³/mol. The van der Waals surface area contributed by atoms with E-state index in [0.717, 1.165) is 6.07 Å². The fourth-order valence-corrected chi connectivity index (χ4v) is 2.48. The van der Waals surface area contributed by atoms with Crippen LogP contribution in [0.2, 0.25) is 0 Å². The number of carbonyl (C=O) groups is 2. The van der Waals surface area contributed by atoms with Crippen LogP contribution >= 0.6 is 0 Å². The van der Waals surface area contributed by atoms with Crippen LogP contribution in [0, 0.1) is 17.0 Å². The van der Waals surface area contributed by atoms with Crippen molar-refractivity contribution in [2.75, 3.05) is 27.9 Å². The first-order valence-electron chi connectivity index (χ1n) is 8.07. The van der Waals surface area contributed by atoms with Crippen molar-refractivity contribution < 1.29 is 33.5 Å². The highest BCUT2D eigenvalue weighted by Crippen LogP contribution is 2.38. The molecule has 0 heterocycles. The summed E-state index contributed by atoms with van der Waals surface area (Å²) in [6, 6.07) is 6.85. The second-order valence-electron chi connectivity index (χ2n) is 5.67. The van der Waals surface area contributed by atoms with Crippen LogP contribution in [0.3, 0.4) is 0 Å². The number of nitro benzene ring substituents is 1. The van der Waals surface area contributed by atoms with Crippen molar-refractivity contribution in [1.82, 2.24) is 0 Å². The Morgan fingerprint density at radius 3 is 2.07 bits per heavy atom. The third-order valence-corrected chi connectivity index (χ3v) is 3.96. The molecule has 2 aromatic carbocycles. The van der Waals surface area contributed by atoms with Crippen LogP contribution in [0.5, 0.6) is 17.2 Å². The van der Waals surface area contributed by atoms with Crippen molar-refractivity contribution in [3.8, 4) is 17.2 Å². The average molecular weight is 389 g/mol. The molecule has 0 atom stereocenters. The lowest BCUT2D eigenvalue weighted by Gasteiger charge is -2.13. The van der Waals surface area contributed by atoms with E-state index in [4.69, 9.17) is 18.9 Å². The Kier molecular flexibility index (Phi) is 6.54. The van der Waals surface area contributed by atoms with Gasteiger partial charge >= 0.3 is 5.97 Å². The van der Waals surface area contributed by atoms with Gasteiger partial charge in [-0.05, 0) is 19.1 Å². The van der Waals surface area contributed by atoms with Crippen molar-refractivity contribution >= 4 is 17.4 Å². The number of methoxy groups -OCH3 is 3. The summed E-state index contributed by atoms with van der Waals surface area (Å²) < 4.78 is 20.6. The quantitative estimate of drug-likeness (QED) is 0.293. The monoisotopic (exact) mass is 389 g/mol. The van der Waals surface area contributed by atoms with E-state index in [1.165, 1.54) is 45.6 Å². The Morgan fingerprint density at radius 1 is 0.964 bits per heavy atom. The highest BCUT2D eigenvalue weighted by molar-refractivity contribution is 6.00. The third-order valence-electron chi connectivity index (χ3n) is 3.96. The molecule has 0 N–H and O–H groups in total. The van der Waals surface area contributed by atoms with Crippen LogP contribution in [0.4, 0.5) is 5.69 Å². The van der Waals surface area contributed by atoms with Gasteiger partial charge in [0.05, 0.1) is 31.8 Å². The molecular formula is C19H19NO8. The van der Waals surface area contributed by atoms with Crippen LogP contribution in [-0.4, -0.2) is 44.6 Å². The fraction of sp³-hybridized carbons (Fsp3) is 0.263. The molecule has 0 aromatic heterocycles. The maximum absolute atomic E-state index is 12.3. The fourth-order valence-electron chi connectivity index (χ4n) is 2.48. The molecule has 28 heavy (non-hydrogen) atoms. The molecule has 0 spiro atoms. The molecule has 0 aliphatic rings. The van der Waals surface area contributed by atoms with Crippen molar-refractivity contribution in [2.45, 2.75) is 6.92 Å². The summed E-state index contributed by atoms with van der Waals surface area (Å²) in [6.45, 7) is 0.993. The number of ketones is 1. The van der Waals surface area contributed by atoms with E-state index in [0.29, 0.717) is 11.3 Å². The minimum Gasteiger partial charge on any atom is -0.493 e. The summed E-state index contributed by atoms with van der Waals surface area (Å²) in [7, 11) is 4.23. The molecular weight excluding hydrogens is 370 g/mol. The second-order valence-corrected chi connectivity index (χ2v) is 5.67. The number of esters is 1. The lowest BCUT2D eigenvalue weighted by atomic mass is 10.1. The van der Waals surface area contributed by atoms with E-state index >= 15 is 0 Å². The van der Waals surface area contributed by atoms with Gasteiger partial charge in [-0.2, -0.15) is 0 Å². The SMILES string of the molecule is COc1cc(C(=O)OCC(=O)c2ccc(C)c([N+](=O)[O-])c2)cc(OC)c1OC. The summed E-state index contributed by atoms with van der Waals surface area (Å²) in [5, 5.41) is 11.0. The van der Waals surface area contributed by atoms with Gasteiger partial charge in [0.25, 0.3) is 5.69 Å². The van der Waals surface area contributed by atoms with Crippen molar-refractivity contribution in [2.24, 2.45) is 0 Å². The van der Waals surface area contributed by atoms with E-state index in [1.54, 1.807) is 6.92 Å².